The van der Waals surface area contributed by atoms with Crippen molar-refractivity contribution in [3.63, 3.8) is 0 Å². The molecule has 0 saturated carbocycles. The van der Waals surface area contributed by atoms with Crippen LogP contribution in [0.5, 0.6) is 0 Å². The smallest absolute Gasteiger partial charge is 0.129 e. The minimum Gasteiger partial charge on any atom is -0.467 e. The number of rotatable bonds is 3. The number of furan rings is 1. The maximum absolute atomic E-state index is 8.33. The van der Waals surface area contributed by atoms with E-state index in [1.165, 1.54) is 6.26 Å². The fourth-order valence-corrected chi connectivity index (χ4v) is 0.473. The molecule has 1 heterocycles. The van der Waals surface area contributed by atoms with Crippen LogP contribution in [0.15, 0.2) is 22.8 Å². The van der Waals surface area contributed by atoms with Crippen LogP contribution in [0.3, 0.4) is 0 Å². The van der Waals surface area contributed by atoms with Gasteiger partial charge in [0.05, 0.1) is 6.26 Å². The topological polar surface area (TPSA) is 73.8 Å². The van der Waals surface area contributed by atoms with Gasteiger partial charge < -0.3 is 19.7 Å². The molecule has 0 aliphatic carbocycles. The highest BCUT2D eigenvalue weighted by Crippen LogP contribution is 1.96. The largest absolute Gasteiger partial charge is 0.467 e. The predicted molar refractivity (Wildman–Crippen MR) is 43.4 cm³/mol. The Morgan fingerprint density at radius 1 is 1.17 bits per heavy atom. The molecule has 1 aromatic rings. The third-order valence-corrected chi connectivity index (χ3v) is 1.05. The van der Waals surface area contributed by atoms with Crippen LogP contribution in [0.25, 0.3) is 0 Å². The first-order valence-corrected chi connectivity index (χ1v) is 3.70. The molecule has 0 saturated heterocycles. The fourth-order valence-electron chi connectivity index (χ4n) is 0.473. The molecule has 0 aliphatic heterocycles. The zero-order chi connectivity index (χ0) is 9.23. The van der Waals surface area contributed by atoms with E-state index >= 15 is 0 Å². The van der Waals surface area contributed by atoms with Crippen molar-refractivity contribution in [1.29, 1.82) is 0 Å². The van der Waals surface area contributed by atoms with Crippen molar-refractivity contribution in [3.05, 3.63) is 24.2 Å². The van der Waals surface area contributed by atoms with Gasteiger partial charge in [-0.3, -0.25) is 0 Å². The molecule has 0 unspecified atom stereocenters. The first-order valence-electron chi connectivity index (χ1n) is 3.70. The highest BCUT2D eigenvalue weighted by atomic mass is 16.4. The van der Waals surface area contributed by atoms with Crippen molar-refractivity contribution in [2.24, 2.45) is 0 Å². The van der Waals surface area contributed by atoms with Crippen molar-refractivity contribution >= 4 is 0 Å². The first kappa shape index (κ1) is 11.2. The van der Waals surface area contributed by atoms with E-state index in [0.29, 0.717) is 12.2 Å². The molecule has 0 aromatic carbocycles. The van der Waals surface area contributed by atoms with E-state index in [-0.39, 0.29) is 19.8 Å². The lowest BCUT2D eigenvalue weighted by Gasteiger charge is -1.79. The lowest BCUT2D eigenvalue weighted by atomic mass is 10.5. The van der Waals surface area contributed by atoms with Crippen molar-refractivity contribution in [2.45, 2.75) is 13.0 Å². The van der Waals surface area contributed by atoms with Crippen LogP contribution in [0.2, 0.25) is 0 Å². The minimum atomic E-state index is -0.00694. The maximum Gasteiger partial charge on any atom is 0.129 e. The van der Waals surface area contributed by atoms with Gasteiger partial charge in [0.15, 0.2) is 0 Å². The lowest BCUT2D eigenvalue weighted by Crippen LogP contribution is -1.85. The Balaban J connectivity index is 0.000000217. The van der Waals surface area contributed by atoms with Gasteiger partial charge in [0.25, 0.3) is 0 Å². The average Bonchev–Trinajstić information content (AvgIpc) is 2.58. The van der Waals surface area contributed by atoms with Crippen LogP contribution in [0, 0.1) is 0 Å². The Morgan fingerprint density at radius 3 is 2.00 bits per heavy atom. The minimum absolute atomic E-state index is 0.00694. The number of aliphatic hydroxyl groups excluding tert-OH is 3. The normalized spacial score (nSPS) is 8.92. The Kier molecular flexibility index (Phi) is 7.68. The molecule has 70 valence electrons. The van der Waals surface area contributed by atoms with Gasteiger partial charge in [-0.1, -0.05) is 0 Å². The Bertz CT molecular complexity index is 158. The molecule has 12 heavy (non-hydrogen) atoms. The average molecular weight is 174 g/mol. The number of hydrogen-bond acceptors (Lipinski definition) is 4. The highest BCUT2D eigenvalue weighted by Gasteiger charge is 1.85. The molecule has 0 radical (unpaired) electrons. The van der Waals surface area contributed by atoms with Crippen molar-refractivity contribution in [2.75, 3.05) is 13.2 Å². The van der Waals surface area contributed by atoms with Gasteiger partial charge in [0.2, 0.25) is 0 Å². The molecule has 0 bridgehead atoms. The summed E-state index contributed by atoms with van der Waals surface area (Å²) >= 11 is 0. The Morgan fingerprint density at radius 2 is 1.83 bits per heavy atom. The quantitative estimate of drug-likeness (QED) is 0.609. The molecule has 4 nitrogen and oxygen atoms in total. The second-order valence-electron chi connectivity index (χ2n) is 2.04. The van der Waals surface area contributed by atoms with Gasteiger partial charge >= 0.3 is 0 Å². The van der Waals surface area contributed by atoms with E-state index in [9.17, 15) is 0 Å². The fraction of sp³-hybridized carbons (Fsp3) is 0.500. The van der Waals surface area contributed by atoms with E-state index in [0.717, 1.165) is 0 Å². The summed E-state index contributed by atoms with van der Waals surface area (Å²) in [5.74, 6) is 0.611. The molecule has 0 spiro atoms. The maximum atomic E-state index is 8.33. The first-order chi connectivity index (χ1) is 5.85. The SMILES string of the molecule is OCCCO.OCc1ccco1. The van der Waals surface area contributed by atoms with Gasteiger partial charge in [-0.05, 0) is 18.6 Å². The lowest BCUT2D eigenvalue weighted by molar-refractivity contribution is 0.221. The molecule has 0 fully saturated rings. The summed E-state index contributed by atoms with van der Waals surface area (Å²) in [5.41, 5.74) is 0. The van der Waals surface area contributed by atoms with Crippen molar-refractivity contribution in [1.82, 2.24) is 0 Å². The Hall–Kier alpha value is -0.840. The van der Waals surface area contributed by atoms with Gasteiger partial charge in [0, 0.05) is 13.2 Å². The summed E-state index contributed by atoms with van der Waals surface area (Å²) < 4.78 is 4.73. The second-order valence-corrected chi connectivity index (χ2v) is 2.04. The monoisotopic (exact) mass is 174 g/mol. The van der Waals surface area contributed by atoms with Crippen LogP contribution in [-0.4, -0.2) is 28.5 Å². The predicted octanol–water partition coefficient (Wildman–Crippen LogP) is 0.133. The van der Waals surface area contributed by atoms with Gasteiger partial charge in [-0.15, -0.1) is 0 Å². The zero-order valence-corrected chi connectivity index (χ0v) is 6.81. The van der Waals surface area contributed by atoms with Gasteiger partial charge in [0.1, 0.15) is 12.4 Å². The van der Waals surface area contributed by atoms with E-state index in [4.69, 9.17) is 19.7 Å². The van der Waals surface area contributed by atoms with Crippen LogP contribution in [-0.2, 0) is 6.61 Å². The summed E-state index contributed by atoms with van der Waals surface area (Å²) in [5, 5.41) is 24.1. The molecule has 3 N–H and O–H groups in total. The number of aliphatic hydroxyl groups is 3. The van der Waals surface area contributed by atoms with E-state index in [2.05, 4.69) is 0 Å². The summed E-state index contributed by atoms with van der Waals surface area (Å²) in [6.07, 6.45) is 2.03. The van der Waals surface area contributed by atoms with E-state index in [1.54, 1.807) is 12.1 Å². The molecular weight excluding hydrogens is 160 g/mol. The van der Waals surface area contributed by atoms with Crippen LogP contribution in [0.1, 0.15) is 12.2 Å². The van der Waals surface area contributed by atoms with E-state index in [1.807, 2.05) is 0 Å². The summed E-state index contributed by atoms with van der Waals surface area (Å²) in [7, 11) is 0. The summed E-state index contributed by atoms with van der Waals surface area (Å²) in [6, 6.07) is 3.46. The van der Waals surface area contributed by atoms with Crippen molar-refractivity contribution in [3.8, 4) is 0 Å². The molecule has 0 aliphatic rings. The van der Waals surface area contributed by atoms with Crippen LogP contribution in [0.4, 0.5) is 0 Å². The Labute approximate surface area is 71.1 Å². The standard InChI is InChI=1S/C5H6O2.C3H8O2/c6-4-5-2-1-3-7-5;4-2-1-3-5/h1-3,6H,4H2;4-5H,1-3H2. The molecule has 0 atom stereocenters. The molecule has 1 aromatic heterocycles. The van der Waals surface area contributed by atoms with E-state index < -0.39 is 0 Å². The molecule has 1 rings (SSSR count). The van der Waals surface area contributed by atoms with Crippen molar-refractivity contribution < 1.29 is 19.7 Å². The zero-order valence-electron chi connectivity index (χ0n) is 6.81. The van der Waals surface area contributed by atoms with Crippen LogP contribution < -0.4 is 0 Å². The highest BCUT2D eigenvalue weighted by molar-refractivity contribution is 4.95. The third-order valence-electron chi connectivity index (χ3n) is 1.05. The molecular formula is C8H14O4. The third kappa shape index (κ3) is 5.91. The van der Waals surface area contributed by atoms with Gasteiger partial charge in [-0.2, -0.15) is 0 Å². The second kappa shape index (κ2) is 8.26. The van der Waals surface area contributed by atoms with Crippen LogP contribution >= 0.6 is 0 Å². The van der Waals surface area contributed by atoms with Gasteiger partial charge in [-0.25, -0.2) is 0 Å². The molecule has 0 amide bonds. The number of hydrogen-bond donors (Lipinski definition) is 3. The molecule has 4 heteroatoms. The summed E-state index contributed by atoms with van der Waals surface area (Å²) in [4.78, 5) is 0. The summed E-state index contributed by atoms with van der Waals surface area (Å²) in [6.45, 7) is 0.181.